The molecule has 1 saturated heterocycles. The summed E-state index contributed by atoms with van der Waals surface area (Å²) in [4.78, 5) is 19.6. The normalized spacial score (nSPS) is 15.5. The molecule has 0 amide bonds. The first kappa shape index (κ1) is 19.5. The molecule has 29 heavy (non-hydrogen) atoms. The summed E-state index contributed by atoms with van der Waals surface area (Å²) in [5, 5.41) is 15.7. The topological polar surface area (TPSA) is 88.5 Å². The zero-order valence-corrected chi connectivity index (χ0v) is 16.5. The SMILES string of the molecule is O=[N+]([O-])c1cccc(-c2noc(CN3CCN(Cc4cccc(Cl)c4)CC3)n2)c1. The molecule has 0 N–H and O–H groups in total. The van der Waals surface area contributed by atoms with E-state index in [1.165, 1.54) is 17.7 Å². The van der Waals surface area contributed by atoms with Gasteiger partial charge in [0.15, 0.2) is 0 Å². The lowest BCUT2D eigenvalue weighted by Gasteiger charge is -2.33. The molecular formula is C20H20ClN5O3. The second-order valence-electron chi connectivity index (χ2n) is 7.00. The third-order valence-electron chi connectivity index (χ3n) is 4.90. The van der Waals surface area contributed by atoms with Gasteiger partial charge in [-0.2, -0.15) is 4.98 Å². The molecule has 8 nitrogen and oxygen atoms in total. The standard InChI is InChI=1S/C20H20ClN5O3/c21-17-5-1-3-15(11-17)13-24-7-9-25(10-8-24)14-19-22-20(23-29-19)16-4-2-6-18(12-16)26(27)28/h1-6,11-12H,7-10,13-14H2. The molecule has 1 aromatic heterocycles. The molecule has 0 radical (unpaired) electrons. The van der Waals surface area contributed by atoms with Crippen molar-refractivity contribution >= 4 is 17.3 Å². The van der Waals surface area contributed by atoms with E-state index in [1.807, 2.05) is 18.2 Å². The Morgan fingerprint density at radius 1 is 1.03 bits per heavy atom. The number of hydrogen-bond acceptors (Lipinski definition) is 7. The molecule has 0 bridgehead atoms. The third-order valence-corrected chi connectivity index (χ3v) is 5.14. The fourth-order valence-electron chi connectivity index (χ4n) is 3.39. The number of nitro groups is 1. The maximum absolute atomic E-state index is 10.9. The smallest absolute Gasteiger partial charge is 0.270 e. The Morgan fingerprint density at radius 2 is 1.76 bits per heavy atom. The minimum Gasteiger partial charge on any atom is -0.338 e. The van der Waals surface area contributed by atoms with Crippen molar-refractivity contribution < 1.29 is 9.45 Å². The molecule has 0 unspecified atom stereocenters. The Balaban J connectivity index is 1.32. The highest BCUT2D eigenvalue weighted by Gasteiger charge is 2.20. The summed E-state index contributed by atoms with van der Waals surface area (Å²) in [6.07, 6.45) is 0. The van der Waals surface area contributed by atoms with Crippen LogP contribution in [0.1, 0.15) is 11.5 Å². The maximum Gasteiger partial charge on any atom is 0.270 e. The molecule has 1 aliphatic rings. The van der Waals surface area contributed by atoms with Gasteiger partial charge in [0.2, 0.25) is 11.7 Å². The monoisotopic (exact) mass is 413 g/mol. The summed E-state index contributed by atoms with van der Waals surface area (Å²) in [6.45, 7) is 5.12. The van der Waals surface area contributed by atoms with Crippen molar-refractivity contribution in [3.05, 3.63) is 75.1 Å². The summed E-state index contributed by atoms with van der Waals surface area (Å²) >= 11 is 6.06. The molecule has 0 saturated carbocycles. The van der Waals surface area contributed by atoms with Crippen LogP contribution in [0.15, 0.2) is 53.1 Å². The molecule has 1 aliphatic heterocycles. The van der Waals surface area contributed by atoms with E-state index in [4.69, 9.17) is 16.1 Å². The van der Waals surface area contributed by atoms with Gasteiger partial charge >= 0.3 is 0 Å². The van der Waals surface area contributed by atoms with Crippen molar-refractivity contribution in [2.24, 2.45) is 0 Å². The largest absolute Gasteiger partial charge is 0.338 e. The number of aromatic nitrogens is 2. The van der Waals surface area contributed by atoms with Crippen LogP contribution in [-0.4, -0.2) is 51.0 Å². The molecule has 0 spiro atoms. The van der Waals surface area contributed by atoms with E-state index >= 15 is 0 Å². The van der Waals surface area contributed by atoms with Crippen molar-refractivity contribution in [1.82, 2.24) is 19.9 Å². The van der Waals surface area contributed by atoms with E-state index in [9.17, 15) is 10.1 Å². The molecule has 0 aliphatic carbocycles. The van der Waals surface area contributed by atoms with E-state index < -0.39 is 4.92 Å². The van der Waals surface area contributed by atoms with Gasteiger partial charge in [-0.15, -0.1) is 0 Å². The Bertz CT molecular complexity index is 1000. The fourth-order valence-corrected chi connectivity index (χ4v) is 3.60. The van der Waals surface area contributed by atoms with Gasteiger partial charge in [-0.25, -0.2) is 0 Å². The van der Waals surface area contributed by atoms with Crippen LogP contribution in [0.4, 0.5) is 5.69 Å². The van der Waals surface area contributed by atoms with Crippen LogP contribution < -0.4 is 0 Å². The average Bonchev–Trinajstić information content (AvgIpc) is 3.18. The Kier molecular flexibility index (Phi) is 5.84. The van der Waals surface area contributed by atoms with E-state index in [-0.39, 0.29) is 5.69 Å². The highest BCUT2D eigenvalue weighted by Crippen LogP contribution is 2.22. The van der Waals surface area contributed by atoms with Crippen molar-refractivity contribution in [2.75, 3.05) is 26.2 Å². The molecule has 150 valence electrons. The van der Waals surface area contributed by atoms with E-state index in [1.54, 1.807) is 12.1 Å². The molecule has 4 rings (SSSR count). The van der Waals surface area contributed by atoms with Crippen LogP contribution in [0.25, 0.3) is 11.4 Å². The lowest BCUT2D eigenvalue weighted by molar-refractivity contribution is -0.384. The van der Waals surface area contributed by atoms with Crippen LogP contribution in [0, 0.1) is 10.1 Å². The molecule has 1 fully saturated rings. The summed E-state index contributed by atoms with van der Waals surface area (Å²) in [6, 6.07) is 14.2. The lowest BCUT2D eigenvalue weighted by Crippen LogP contribution is -2.45. The molecule has 2 heterocycles. The van der Waals surface area contributed by atoms with Crippen molar-refractivity contribution in [2.45, 2.75) is 13.1 Å². The van der Waals surface area contributed by atoms with Crippen LogP contribution in [0.5, 0.6) is 0 Å². The van der Waals surface area contributed by atoms with E-state index in [2.05, 4.69) is 26.0 Å². The van der Waals surface area contributed by atoms with Crippen LogP contribution in [-0.2, 0) is 13.1 Å². The van der Waals surface area contributed by atoms with Crippen molar-refractivity contribution in [3.63, 3.8) is 0 Å². The second-order valence-corrected chi connectivity index (χ2v) is 7.44. The van der Waals surface area contributed by atoms with Gasteiger partial charge in [-0.1, -0.05) is 41.0 Å². The van der Waals surface area contributed by atoms with Gasteiger partial charge in [0, 0.05) is 55.4 Å². The Morgan fingerprint density at radius 3 is 2.48 bits per heavy atom. The minimum atomic E-state index is -0.437. The van der Waals surface area contributed by atoms with Crippen LogP contribution >= 0.6 is 11.6 Å². The van der Waals surface area contributed by atoms with Gasteiger partial charge in [0.05, 0.1) is 11.5 Å². The van der Waals surface area contributed by atoms with E-state index in [0.717, 1.165) is 37.7 Å². The van der Waals surface area contributed by atoms with E-state index in [0.29, 0.717) is 23.8 Å². The first-order valence-corrected chi connectivity index (χ1v) is 9.71. The van der Waals surface area contributed by atoms with Crippen molar-refractivity contribution in [3.8, 4) is 11.4 Å². The highest BCUT2D eigenvalue weighted by molar-refractivity contribution is 6.30. The fraction of sp³-hybridized carbons (Fsp3) is 0.300. The van der Waals surface area contributed by atoms with Gasteiger partial charge in [-0.3, -0.25) is 19.9 Å². The summed E-state index contributed by atoms with van der Waals surface area (Å²) in [5.74, 6) is 0.873. The lowest BCUT2D eigenvalue weighted by atomic mass is 10.2. The van der Waals surface area contributed by atoms with Crippen LogP contribution in [0.2, 0.25) is 5.02 Å². The summed E-state index contributed by atoms with van der Waals surface area (Å²) < 4.78 is 5.36. The third kappa shape index (κ3) is 4.97. The van der Waals surface area contributed by atoms with Gasteiger partial charge in [0.1, 0.15) is 0 Å². The molecule has 2 aromatic carbocycles. The highest BCUT2D eigenvalue weighted by atomic mass is 35.5. The van der Waals surface area contributed by atoms with Crippen LogP contribution in [0.3, 0.4) is 0 Å². The minimum absolute atomic E-state index is 0.00433. The molecule has 3 aromatic rings. The zero-order chi connectivity index (χ0) is 20.2. The Hall–Kier alpha value is -2.81. The number of nitrogens with zero attached hydrogens (tertiary/aromatic N) is 5. The maximum atomic E-state index is 10.9. The second kappa shape index (κ2) is 8.69. The Labute approximate surface area is 172 Å². The van der Waals surface area contributed by atoms with Crippen molar-refractivity contribution in [1.29, 1.82) is 0 Å². The zero-order valence-electron chi connectivity index (χ0n) is 15.7. The van der Waals surface area contributed by atoms with Gasteiger partial charge in [-0.05, 0) is 17.7 Å². The average molecular weight is 414 g/mol. The summed E-state index contributed by atoms with van der Waals surface area (Å²) in [5.41, 5.74) is 1.79. The first-order valence-electron chi connectivity index (χ1n) is 9.33. The molecule has 9 heteroatoms. The molecular weight excluding hydrogens is 394 g/mol. The number of hydrogen-bond donors (Lipinski definition) is 0. The number of nitro benzene ring substituents is 1. The first-order chi connectivity index (χ1) is 14.1. The van der Waals surface area contributed by atoms with Gasteiger partial charge < -0.3 is 4.52 Å². The number of non-ortho nitro benzene ring substituents is 1. The number of piperazine rings is 1. The number of halogens is 1. The number of benzene rings is 2. The number of rotatable bonds is 6. The quantitative estimate of drug-likeness (QED) is 0.450. The summed E-state index contributed by atoms with van der Waals surface area (Å²) in [7, 11) is 0. The van der Waals surface area contributed by atoms with Gasteiger partial charge in [0.25, 0.3) is 5.69 Å². The molecule has 0 atom stereocenters. The predicted molar refractivity (Wildman–Crippen MR) is 108 cm³/mol. The predicted octanol–water partition coefficient (Wildman–Crippen LogP) is 3.62.